The lowest BCUT2D eigenvalue weighted by molar-refractivity contribution is -0.123. The average Bonchev–Trinajstić information content (AvgIpc) is 3.42. The van der Waals surface area contributed by atoms with Crippen LogP contribution in [0.3, 0.4) is 0 Å². The van der Waals surface area contributed by atoms with E-state index in [2.05, 4.69) is 4.98 Å². The third kappa shape index (κ3) is 4.44. The van der Waals surface area contributed by atoms with Crippen molar-refractivity contribution in [2.45, 2.75) is 25.9 Å². The summed E-state index contributed by atoms with van der Waals surface area (Å²) in [5.74, 6) is 0.451. The summed E-state index contributed by atoms with van der Waals surface area (Å²) >= 11 is 6.62. The lowest BCUT2D eigenvalue weighted by atomic mass is 10.2. The zero-order valence-electron chi connectivity index (χ0n) is 17.9. The van der Waals surface area contributed by atoms with Crippen molar-refractivity contribution in [3.63, 3.8) is 0 Å². The summed E-state index contributed by atoms with van der Waals surface area (Å²) < 4.78 is 13.6. The van der Waals surface area contributed by atoms with Gasteiger partial charge in [0.15, 0.2) is 0 Å². The number of benzene rings is 1. The molecule has 0 radical (unpaired) electrons. The second kappa shape index (κ2) is 9.09. The number of aryl methyl sites for hydroxylation is 1. The molecule has 168 valence electrons. The zero-order valence-corrected chi connectivity index (χ0v) is 19.5. The van der Waals surface area contributed by atoms with Gasteiger partial charge in [-0.15, -0.1) is 0 Å². The van der Waals surface area contributed by atoms with Gasteiger partial charge >= 0.3 is 0 Å². The van der Waals surface area contributed by atoms with Gasteiger partial charge < -0.3 is 9.47 Å². The molecule has 1 atom stereocenters. The van der Waals surface area contributed by atoms with Gasteiger partial charge in [-0.25, -0.2) is 0 Å². The van der Waals surface area contributed by atoms with Crippen LogP contribution in [0.25, 0.3) is 11.7 Å². The molecule has 9 heteroatoms. The van der Waals surface area contributed by atoms with Crippen molar-refractivity contribution >= 4 is 45.9 Å². The molecular formula is C24H21N3O4S2. The highest BCUT2D eigenvalue weighted by Crippen LogP contribution is 2.35. The van der Waals surface area contributed by atoms with E-state index in [1.807, 2.05) is 31.2 Å². The van der Waals surface area contributed by atoms with Crippen LogP contribution in [0.15, 0.2) is 58.4 Å². The lowest BCUT2D eigenvalue weighted by Gasteiger charge is -2.18. The number of hydrogen-bond donors (Lipinski definition) is 0. The van der Waals surface area contributed by atoms with Crippen LogP contribution in [0.2, 0.25) is 0 Å². The highest BCUT2D eigenvalue weighted by Gasteiger charge is 2.35. The third-order valence-corrected chi connectivity index (χ3v) is 6.91. The molecule has 1 amide bonds. The minimum absolute atomic E-state index is 0.0137. The third-order valence-electron chi connectivity index (χ3n) is 5.53. The maximum Gasteiger partial charge on any atom is 0.269 e. The van der Waals surface area contributed by atoms with Crippen molar-refractivity contribution in [1.29, 1.82) is 0 Å². The van der Waals surface area contributed by atoms with E-state index in [4.69, 9.17) is 21.7 Å². The number of pyridine rings is 1. The molecular weight excluding hydrogens is 458 g/mol. The smallest absolute Gasteiger partial charge is 0.269 e. The predicted molar refractivity (Wildman–Crippen MR) is 132 cm³/mol. The Labute approximate surface area is 200 Å². The molecule has 0 aliphatic carbocycles. The number of carbonyl (C=O) groups excluding carboxylic acids is 1. The number of thioether (sulfide) groups is 1. The van der Waals surface area contributed by atoms with E-state index in [0.29, 0.717) is 33.8 Å². The lowest BCUT2D eigenvalue weighted by Crippen LogP contribution is -2.35. The van der Waals surface area contributed by atoms with Crippen LogP contribution in [-0.2, 0) is 9.53 Å². The van der Waals surface area contributed by atoms with Crippen LogP contribution in [0.1, 0.15) is 24.0 Å². The molecule has 2 aliphatic rings. The molecule has 1 aromatic carbocycles. The Balaban J connectivity index is 1.54. The molecule has 2 saturated heterocycles. The first kappa shape index (κ1) is 21.8. The van der Waals surface area contributed by atoms with E-state index >= 15 is 0 Å². The Bertz CT molecular complexity index is 1330. The van der Waals surface area contributed by atoms with E-state index in [1.165, 1.54) is 22.2 Å². The average molecular weight is 480 g/mol. The summed E-state index contributed by atoms with van der Waals surface area (Å²) in [7, 11) is 0. The summed E-state index contributed by atoms with van der Waals surface area (Å²) in [5, 5.41) is 0. The van der Waals surface area contributed by atoms with E-state index in [-0.39, 0.29) is 29.0 Å². The molecule has 3 aromatic rings. The molecule has 0 saturated carbocycles. The molecule has 5 rings (SSSR count). The predicted octanol–water partition coefficient (Wildman–Crippen LogP) is 4.18. The number of fused-ring (bicyclic) bond motifs is 1. The second-order valence-electron chi connectivity index (χ2n) is 7.91. The molecule has 33 heavy (non-hydrogen) atoms. The summed E-state index contributed by atoms with van der Waals surface area (Å²) in [6.07, 6.45) is 5.04. The minimum atomic E-state index is -0.327. The summed E-state index contributed by atoms with van der Waals surface area (Å²) in [6.45, 7) is 3.10. The number of aromatic nitrogens is 2. The fraction of sp³-hybridized carbons (Fsp3) is 0.250. The standard InChI is InChI=1S/C24H21N3O4S2/c1-15-7-9-16(10-8-15)31-21-18(22(28)26-11-3-2-6-20(26)25-21)13-19-23(29)27(24(32)33-19)14-17-5-4-12-30-17/h2-3,6-11,13,17H,4-5,12,14H2,1H3. The van der Waals surface area contributed by atoms with Gasteiger partial charge in [0.2, 0.25) is 5.88 Å². The van der Waals surface area contributed by atoms with Crippen molar-refractivity contribution in [3.05, 3.63) is 75.0 Å². The van der Waals surface area contributed by atoms with Gasteiger partial charge in [0.1, 0.15) is 21.3 Å². The molecule has 0 bridgehead atoms. The van der Waals surface area contributed by atoms with E-state index < -0.39 is 0 Å². The minimum Gasteiger partial charge on any atom is -0.438 e. The molecule has 0 spiro atoms. The van der Waals surface area contributed by atoms with Crippen LogP contribution < -0.4 is 10.3 Å². The summed E-state index contributed by atoms with van der Waals surface area (Å²) in [4.78, 5) is 32.9. The van der Waals surface area contributed by atoms with Crippen LogP contribution in [0.4, 0.5) is 0 Å². The van der Waals surface area contributed by atoms with Crippen molar-refractivity contribution in [1.82, 2.24) is 14.3 Å². The van der Waals surface area contributed by atoms with Gasteiger partial charge in [-0.1, -0.05) is 47.7 Å². The molecule has 2 aromatic heterocycles. The summed E-state index contributed by atoms with van der Waals surface area (Å²) in [5.41, 5.74) is 1.40. The fourth-order valence-corrected chi connectivity index (χ4v) is 5.04. The number of thiocarbonyl (C=S) groups is 1. The molecule has 2 fully saturated rings. The normalized spacial score (nSPS) is 19.7. The first-order valence-corrected chi connectivity index (χ1v) is 11.8. The Morgan fingerprint density at radius 3 is 2.82 bits per heavy atom. The Morgan fingerprint density at radius 2 is 2.06 bits per heavy atom. The number of amides is 1. The number of nitrogens with zero attached hydrogens (tertiary/aromatic N) is 3. The molecule has 4 heterocycles. The van der Waals surface area contributed by atoms with Gasteiger partial charge in [-0.05, 0) is 50.1 Å². The van der Waals surface area contributed by atoms with Crippen molar-refractivity contribution < 1.29 is 14.3 Å². The Hall–Kier alpha value is -3.01. The second-order valence-corrected chi connectivity index (χ2v) is 9.58. The van der Waals surface area contributed by atoms with Gasteiger partial charge in [-0.3, -0.25) is 18.9 Å². The number of carbonyl (C=O) groups is 1. The maximum absolute atomic E-state index is 13.3. The quantitative estimate of drug-likeness (QED) is 0.402. The number of hydrogen-bond acceptors (Lipinski definition) is 7. The van der Waals surface area contributed by atoms with Crippen molar-refractivity contribution in [2.24, 2.45) is 0 Å². The molecule has 2 aliphatic heterocycles. The van der Waals surface area contributed by atoms with E-state index in [1.54, 1.807) is 29.3 Å². The monoisotopic (exact) mass is 479 g/mol. The van der Waals surface area contributed by atoms with Crippen LogP contribution >= 0.6 is 24.0 Å². The SMILES string of the molecule is Cc1ccc(Oc2nc3ccccn3c(=O)c2C=C2SC(=S)N(CC3CCCO3)C2=O)cc1. The van der Waals surface area contributed by atoms with Crippen LogP contribution in [-0.4, -0.2) is 43.8 Å². The van der Waals surface area contributed by atoms with E-state index in [9.17, 15) is 9.59 Å². The summed E-state index contributed by atoms with van der Waals surface area (Å²) in [6, 6.07) is 12.7. The van der Waals surface area contributed by atoms with Gasteiger partial charge in [-0.2, -0.15) is 4.98 Å². The van der Waals surface area contributed by atoms with Crippen molar-refractivity contribution in [3.8, 4) is 11.6 Å². The highest BCUT2D eigenvalue weighted by molar-refractivity contribution is 8.26. The molecule has 1 unspecified atom stereocenters. The van der Waals surface area contributed by atoms with Crippen LogP contribution in [0, 0.1) is 6.92 Å². The largest absolute Gasteiger partial charge is 0.438 e. The fourth-order valence-electron chi connectivity index (χ4n) is 3.78. The Morgan fingerprint density at radius 1 is 1.24 bits per heavy atom. The highest BCUT2D eigenvalue weighted by atomic mass is 32.2. The number of rotatable bonds is 5. The molecule has 0 N–H and O–H groups in total. The van der Waals surface area contributed by atoms with Gasteiger partial charge in [0.25, 0.3) is 11.5 Å². The van der Waals surface area contributed by atoms with Crippen LogP contribution in [0.5, 0.6) is 11.6 Å². The van der Waals surface area contributed by atoms with Crippen molar-refractivity contribution in [2.75, 3.05) is 13.2 Å². The molecule has 7 nitrogen and oxygen atoms in total. The first-order valence-electron chi connectivity index (χ1n) is 10.6. The zero-order chi connectivity index (χ0) is 22.9. The first-order chi connectivity index (χ1) is 16.0. The van der Waals surface area contributed by atoms with E-state index in [0.717, 1.165) is 18.4 Å². The maximum atomic E-state index is 13.3. The Kier molecular flexibility index (Phi) is 6.01. The van der Waals surface area contributed by atoms with Gasteiger partial charge in [0.05, 0.1) is 17.6 Å². The topological polar surface area (TPSA) is 73.1 Å². The van der Waals surface area contributed by atoms with Gasteiger partial charge in [0, 0.05) is 12.8 Å². The number of ether oxygens (including phenoxy) is 2.